The average molecular weight is 955 g/mol. The number of hydrogen-bond acceptors (Lipinski definition) is 15. The number of carbonyl (C=O) groups is 10. The molecule has 0 bridgehead atoms. The van der Waals surface area contributed by atoms with Crippen molar-refractivity contribution >= 4 is 59.1 Å². The number of nitrogens with one attached hydrogen (secondary N) is 9. The molecular formula is C42H74N12O13. The lowest BCUT2D eigenvalue weighted by atomic mass is 10.0. The van der Waals surface area contributed by atoms with E-state index in [2.05, 4.69) is 47.9 Å². The number of primary amides is 1. The first-order chi connectivity index (χ1) is 31.5. The maximum atomic E-state index is 13.5. The minimum atomic E-state index is -1.47. The Balaban J connectivity index is 1.97. The smallest absolute Gasteiger partial charge is 0.326 e. The van der Waals surface area contributed by atoms with Gasteiger partial charge in [0.15, 0.2) is 0 Å². The van der Waals surface area contributed by atoms with E-state index in [1.54, 1.807) is 27.7 Å². The number of aliphatic hydroxyl groups is 2. The van der Waals surface area contributed by atoms with Crippen LogP contribution in [0.25, 0.3) is 0 Å². The van der Waals surface area contributed by atoms with Crippen LogP contribution < -0.4 is 59.3 Å². The summed E-state index contributed by atoms with van der Waals surface area (Å²) in [7, 11) is 0. The summed E-state index contributed by atoms with van der Waals surface area (Å²) in [5.41, 5.74) is 10.8. The second kappa shape index (κ2) is 29.3. The fraction of sp³-hybridized carbons (Fsp3) is 0.762. The molecule has 2 rings (SSSR count). The average Bonchev–Trinajstić information content (AvgIpc) is 3.93. The predicted molar refractivity (Wildman–Crippen MR) is 240 cm³/mol. The number of nitrogens with zero attached hydrogens (tertiary/aromatic N) is 1. The molecule has 2 saturated heterocycles. The van der Waals surface area contributed by atoms with E-state index in [0.29, 0.717) is 32.2 Å². The molecule has 9 atom stereocenters. The number of aliphatic carboxylic acids is 1. The van der Waals surface area contributed by atoms with Crippen LogP contribution in [0.2, 0.25) is 0 Å². The van der Waals surface area contributed by atoms with Crippen molar-refractivity contribution in [3.8, 4) is 0 Å². The van der Waals surface area contributed by atoms with Crippen molar-refractivity contribution in [3.63, 3.8) is 0 Å². The molecule has 2 aliphatic rings. The lowest BCUT2D eigenvalue weighted by Gasteiger charge is -2.26. The third-order valence-corrected chi connectivity index (χ3v) is 11.0. The van der Waals surface area contributed by atoms with E-state index in [-0.39, 0.29) is 70.0 Å². The molecule has 0 aromatic heterocycles. The molecule has 0 radical (unpaired) electrons. The normalized spacial score (nSPS) is 19.6. The van der Waals surface area contributed by atoms with Gasteiger partial charge in [0.05, 0.1) is 37.8 Å². The molecule has 25 nitrogen and oxygen atoms in total. The summed E-state index contributed by atoms with van der Waals surface area (Å²) in [6.45, 7) is 7.91. The van der Waals surface area contributed by atoms with Gasteiger partial charge in [-0.1, -0.05) is 27.7 Å². The third-order valence-electron chi connectivity index (χ3n) is 11.0. The Bertz CT molecular complexity index is 1720. The van der Waals surface area contributed by atoms with Crippen LogP contribution in [0, 0.1) is 11.8 Å². The van der Waals surface area contributed by atoms with Gasteiger partial charge in [-0.2, -0.15) is 0 Å². The molecule has 0 aliphatic carbocycles. The van der Waals surface area contributed by atoms with E-state index in [4.69, 9.17) is 11.5 Å². The Morgan fingerprint density at radius 2 is 1.36 bits per heavy atom. The van der Waals surface area contributed by atoms with Gasteiger partial charge in [-0.15, -0.1) is 0 Å². The van der Waals surface area contributed by atoms with Gasteiger partial charge in [0, 0.05) is 19.5 Å². The molecule has 0 spiro atoms. The minimum Gasteiger partial charge on any atom is -0.480 e. The highest BCUT2D eigenvalue weighted by Crippen LogP contribution is 2.18. The first-order valence-corrected chi connectivity index (χ1v) is 22.9. The van der Waals surface area contributed by atoms with Crippen molar-refractivity contribution in [2.75, 3.05) is 39.3 Å². The van der Waals surface area contributed by atoms with E-state index < -0.39 is 127 Å². The van der Waals surface area contributed by atoms with E-state index in [9.17, 15) is 63.3 Å². The molecule has 2 fully saturated rings. The Kier molecular flexibility index (Phi) is 25.2. The molecule has 9 amide bonds. The van der Waals surface area contributed by atoms with Crippen molar-refractivity contribution in [1.29, 1.82) is 0 Å². The van der Waals surface area contributed by atoms with Gasteiger partial charge in [0.25, 0.3) is 0 Å². The van der Waals surface area contributed by atoms with Crippen molar-refractivity contribution < 1.29 is 63.3 Å². The van der Waals surface area contributed by atoms with Gasteiger partial charge in [-0.05, 0) is 83.1 Å². The van der Waals surface area contributed by atoms with Crippen LogP contribution >= 0.6 is 0 Å². The third kappa shape index (κ3) is 21.3. The number of unbranched alkanes of at least 4 members (excludes halogenated alkanes) is 1. The van der Waals surface area contributed by atoms with Gasteiger partial charge in [-0.25, -0.2) is 4.79 Å². The lowest BCUT2D eigenvalue weighted by Crippen LogP contribution is -2.57. The summed E-state index contributed by atoms with van der Waals surface area (Å²) >= 11 is 0. The van der Waals surface area contributed by atoms with Crippen LogP contribution in [0.5, 0.6) is 0 Å². The van der Waals surface area contributed by atoms with Gasteiger partial charge in [0.2, 0.25) is 53.2 Å². The van der Waals surface area contributed by atoms with Crippen LogP contribution in [-0.4, -0.2) is 173 Å². The monoisotopic (exact) mass is 955 g/mol. The molecule has 0 saturated carbocycles. The van der Waals surface area contributed by atoms with Crippen LogP contribution in [0.4, 0.5) is 0 Å². The van der Waals surface area contributed by atoms with Crippen LogP contribution in [0.15, 0.2) is 0 Å². The van der Waals surface area contributed by atoms with Crippen molar-refractivity contribution in [1.82, 2.24) is 52.8 Å². The van der Waals surface area contributed by atoms with Crippen LogP contribution in [0.1, 0.15) is 98.8 Å². The molecule has 2 heterocycles. The number of likely N-dealkylation sites (tertiary alicyclic amines) is 1. The number of β-amino-alcohol motifs (C(OH)–C–C–N with tert-alkyl or cyclic N) is 1. The van der Waals surface area contributed by atoms with E-state index >= 15 is 0 Å². The SMILES string of the molecule is CC(C)C[C@H](NC(=O)CNC(=O)[C@H](CC(C)C)NC(=O)[C@H](CCC(N)=O)NC(O)CNC(=O)[C@H]1C[C@H](O)CN1)C(=O)N[C@@H](C)C(=O)NCC(=O)N1CCC[C@H]1C(=O)N[C@@H](CCCCN)C(=O)O. The Morgan fingerprint density at radius 3 is 1.94 bits per heavy atom. The highest BCUT2D eigenvalue weighted by molar-refractivity contribution is 5.96. The maximum Gasteiger partial charge on any atom is 0.326 e. The number of carboxylic acid groups (broad SMARTS) is 1. The van der Waals surface area contributed by atoms with Gasteiger partial charge < -0.3 is 74.2 Å². The van der Waals surface area contributed by atoms with E-state index in [1.807, 2.05) is 0 Å². The Morgan fingerprint density at radius 1 is 0.731 bits per heavy atom. The number of rotatable bonds is 30. The molecule has 2 aliphatic heterocycles. The maximum absolute atomic E-state index is 13.5. The number of nitrogens with two attached hydrogens (primary N) is 2. The quantitative estimate of drug-likeness (QED) is 0.0236. The Hall–Kier alpha value is -5.50. The van der Waals surface area contributed by atoms with E-state index in [1.165, 1.54) is 11.8 Å². The second-order valence-electron chi connectivity index (χ2n) is 17.9. The molecule has 1 unspecified atom stereocenters. The van der Waals surface area contributed by atoms with Crippen molar-refractivity contribution in [2.45, 2.75) is 153 Å². The highest BCUT2D eigenvalue weighted by Gasteiger charge is 2.37. The minimum absolute atomic E-state index is 0.113. The first kappa shape index (κ1) is 57.6. The molecule has 16 N–H and O–H groups in total. The molecule has 67 heavy (non-hydrogen) atoms. The Labute approximate surface area is 390 Å². The predicted octanol–water partition coefficient (Wildman–Crippen LogP) is -5.14. The number of carbonyl (C=O) groups excluding carboxylic acids is 9. The van der Waals surface area contributed by atoms with Gasteiger partial charge in [0.1, 0.15) is 36.4 Å². The molecule has 25 heteroatoms. The summed E-state index contributed by atoms with van der Waals surface area (Å²) in [5.74, 6) is -7.64. The number of carboxylic acids is 1. The van der Waals surface area contributed by atoms with Crippen molar-refractivity contribution in [3.05, 3.63) is 0 Å². The number of amides is 9. The van der Waals surface area contributed by atoms with Crippen LogP contribution in [0.3, 0.4) is 0 Å². The van der Waals surface area contributed by atoms with Gasteiger partial charge >= 0.3 is 5.97 Å². The molecule has 0 aromatic rings. The second-order valence-corrected chi connectivity index (χ2v) is 17.9. The largest absolute Gasteiger partial charge is 0.480 e. The highest BCUT2D eigenvalue weighted by atomic mass is 16.4. The zero-order valence-electron chi connectivity index (χ0n) is 39.2. The molecular weight excluding hydrogens is 881 g/mol. The van der Waals surface area contributed by atoms with Crippen molar-refractivity contribution in [2.24, 2.45) is 23.3 Å². The fourth-order valence-electron chi connectivity index (χ4n) is 7.47. The molecule has 380 valence electrons. The lowest BCUT2D eigenvalue weighted by molar-refractivity contribution is -0.144. The standard InChI is InChI=1S/C42H74N12O13/c1-22(2)15-29(53-39(63)26(11-12-32(44)56)50-33(57)19-46-37(61)28-17-25(55)18-45-28)38(62)47-20-34(58)51-30(16-23(3)4)40(64)49-24(5)36(60)48-21-35(59)54-14-8-10-31(54)41(65)52-27(42(66)67)9-6-7-13-43/h22-31,33,45,50,55,57H,6-21,43H2,1-5H3,(H2,44,56)(H,46,61)(H,47,62)(H,48,60)(H,49,64)(H,51,58)(H,52,65)(H,53,63)(H,66,67)/t24-,25-,26-,27-,28+,29-,30-,31-,33?/m0/s1. The summed E-state index contributed by atoms with van der Waals surface area (Å²) in [5, 5.41) is 52.9. The zero-order valence-corrected chi connectivity index (χ0v) is 39.2. The topological polar surface area (TPSA) is 395 Å². The fourth-order valence-corrected chi connectivity index (χ4v) is 7.47. The summed E-state index contributed by atoms with van der Waals surface area (Å²) in [6, 6.07) is -7.52. The number of aliphatic hydroxyl groups excluding tert-OH is 2. The van der Waals surface area contributed by atoms with Crippen LogP contribution in [-0.2, 0) is 47.9 Å². The zero-order chi connectivity index (χ0) is 50.4. The number of hydrogen-bond donors (Lipinski definition) is 14. The summed E-state index contributed by atoms with van der Waals surface area (Å²) in [6.07, 6.45) is -0.131. The van der Waals surface area contributed by atoms with E-state index in [0.717, 1.165) is 0 Å². The summed E-state index contributed by atoms with van der Waals surface area (Å²) in [4.78, 5) is 130. The summed E-state index contributed by atoms with van der Waals surface area (Å²) < 4.78 is 0. The molecule has 0 aromatic carbocycles. The first-order valence-electron chi connectivity index (χ1n) is 22.9. The van der Waals surface area contributed by atoms with Gasteiger partial charge in [-0.3, -0.25) is 48.5 Å².